The summed E-state index contributed by atoms with van der Waals surface area (Å²) in [6, 6.07) is 24.7. The number of carbonyl (C=O) groups is 1. The Morgan fingerprint density at radius 3 is 2.33 bits per heavy atom. The topological polar surface area (TPSA) is 103 Å². The third-order valence-corrected chi connectivity index (χ3v) is 12.0. The minimum Gasteiger partial charge on any atom is -0.446 e. The number of likely N-dealkylation sites (tertiary alicyclic amines) is 1. The summed E-state index contributed by atoms with van der Waals surface area (Å²) in [4.78, 5) is 17.5. The first kappa shape index (κ1) is 32.0. The first-order valence-corrected chi connectivity index (χ1v) is 17.7. The average Bonchev–Trinajstić information content (AvgIpc) is 3.52. The fraction of sp³-hybridized carbons (Fsp3) is 0.444. The Morgan fingerprint density at radius 2 is 1.67 bits per heavy atom. The van der Waals surface area contributed by atoms with Gasteiger partial charge in [-0.3, -0.25) is 0 Å². The van der Waals surface area contributed by atoms with E-state index >= 15 is 0 Å². The Bertz CT molecular complexity index is 1670. The van der Waals surface area contributed by atoms with Crippen LogP contribution in [0.1, 0.15) is 37.7 Å². The molecule has 3 fully saturated rings. The lowest BCUT2D eigenvalue weighted by molar-refractivity contribution is 0.0306. The maximum absolute atomic E-state index is 14.6. The van der Waals surface area contributed by atoms with Crippen LogP contribution in [-0.2, 0) is 20.0 Å². The number of anilines is 1. The summed E-state index contributed by atoms with van der Waals surface area (Å²) in [5.41, 5.74) is 0.751. The van der Waals surface area contributed by atoms with E-state index in [1.54, 1.807) is 48.5 Å². The molecule has 0 aromatic heterocycles. The molecule has 0 radical (unpaired) electrons. The number of hydrogen-bond donors (Lipinski definition) is 1. The van der Waals surface area contributed by atoms with Crippen molar-refractivity contribution >= 4 is 21.6 Å². The van der Waals surface area contributed by atoms with Crippen molar-refractivity contribution in [1.82, 2.24) is 10.2 Å². The Hall–Kier alpha value is -3.94. The van der Waals surface area contributed by atoms with Crippen LogP contribution in [0.25, 0.3) is 0 Å². The van der Waals surface area contributed by atoms with Crippen molar-refractivity contribution in [1.29, 1.82) is 5.26 Å². The summed E-state index contributed by atoms with van der Waals surface area (Å²) in [6.45, 7) is 4.45. The monoisotopic (exact) mass is 644 g/mol. The van der Waals surface area contributed by atoms with Crippen molar-refractivity contribution in [3.8, 4) is 6.07 Å². The molecule has 1 aliphatic carbocycles. The van der Waals surface area contributed by atoms with E-state index < -0.39 is 27.4 Å². The van der Waals surface area contributed by atoms with Gasteiger partial charge in [-0.1, -0.05) is 30.3 Å². The molecule has 1 amide bonds. The zero-order chi connectivity index (χ0) is 32.3. The number of alkyl carbamates (subject to hydrolysis) is 1. The number of nitrogens with one attached hydrogen (secondary N) is 1. The Morgan fingerprint density at radius 1 is 0.978 bits per heavy atom. The minimum atomic E-state index is -3.54. The maximum atomic E-state index is 14.6. The molecule has 1 N–H and O–H groups in total. The van der Waals surface area contributed by atoms with Crippen molar-refractivity contribution in [3.05, 3.63) is 90.2 Å². The molecular weight excluding hydrogens is 603 g/mol. The van der Waals surface area contributed by atoms with Gasteiger partial charge in [0.05, 0.1) is 21.3 Å². The van der Waals surface area contributed by atoms with Gasteiger partial charge in [0.1, 0.15) is 11.9 Å². The van der Waals surface area contributed by atoms with Crippen LogP contribution in [-0.4, -0.2) is 65.3 Å². The third kappa shape index (κ3) is 6.23. The van der Waals surface area contributed by atoms with Gasteiger partial charge in [-0.05, 0) is 105 Å². The normalized spacial score (nSPS) is 22.4. The molecule has 46 heavy (non-hydrogen) atoms. The molecule has 1 unspecified atom stereocenters. The summed E-state index contributed by atoms with van der Waals surface area (Å²) in [6.07, 6.45) is 3.02. The predicted molar refractivity (Wildman–Crippen MR) is 174 cm³/mol. The molecule has 2 aliphatic heterocycles. The van der Waals surface area contributed by atoms with Crippen molar-refractivity contribution in [2.45, 2.75) is 53.4 Å². The fourth-order valence-electron chi connectivity index (χ4n) is 7.93. The molecule has 0 bridgehead atoms. The van der Waals surface area contributed by atoms with Gasteiger partial charge in [-0.15, -0.1) is 0 Å². The molecule has 8 nitrogen and oxygen atoms in total. The van der Waals surface area contributed by atoms with Gasteiger partial charge in [-0.2, -0.15) is 5.26 Å². The van der Waals surface area contributed by atoms with E-state index in [0.717, 1.165) is 64.1 Å². The zero-order valence-corrected chi connectivity index (χ0v) is 27.0. The Labute approximate surface area is 271 Å². The number of ether oxygens (including phenoxy) is 1. The van der Waals surface area contributed by atoms with Crippen molar-refractivity contribution in [2.75, 3.05) is 44.7 Å². The first-order valence-electron chi connectivity index (χ1n) is 16.2. The van der Waals surface area contributed by atoms with E-state index in [0.29, 0.717) is 22.8 Å². The second kappa shape index (κ2) is 13.4. The Balaban J connectivity index is 1.08. The number of carbonyl (C=O) groups excluding carboxylic acids is 1. The highest BCUT2D eigenvalue weighted by Gasteiger charge is 2.53. The first-order chi connectivity index (χ1) is 22.2. The van der Waals surface area contributed by atoms with E-state index in [4.69, 9.17) is 4.74 Å². The lowest BCUT2D eigenvalue weighted by Crippen LogP contribution is -2.54. The number of benzene rings is 3. The molecular formula is C36H41FN4O4S. The fourth-order valence-corrected chi connectivity index (χ4v) is 9.21. The van der Waals surface area contributed by atoms with Gasteiger partial charge in [0.2, 0.25) is 9.84 Å². The molecule has 10 heteroatoms. The molecule has 2 saturated heterocycles. The van der Waals surface area contributed by atoms with Gasteiger partial charge < -0.3 is 19.9 Å². The van der Waals surface area contributed by atoms with Crippen LogP contribution in [0.3, 0.4) is 0 Å². The van der Waals surface area contributed by atoms with Crippen LogP contribution >= 0.6 is 0 Å². The maximum Gasteiger partial charge on any atom is 0.407 e. The lowest BCUT2D eigenvalue weighted by Gasteiger charge is -2.47. The van der Waals surface area contributed by atoms with Crippen molar-refractivity contribution < 1.29 is 22.3 Å². The average molecular weight is 645 g/mol. The number of nitrogens with zero attached hydrogens (tertiary/aromatic N) is 3. The van der Waals surface area contributed by atoms with Crippen LogP contribution < -0.4 is 10.2 Å². The van der Waals surface area contributed by atoms with E-state index in [9.17, 15) is 22.9 Å². The highest BCUT2D eigenvalue weighted by Crippen LogP contribution is 2.51. The highest BCUT2D eigenvalue weighted by molar-refractivity contribution is 7.91. The number of halogens is 1. The van der Waals surface area contributed by atoms with E-state index in [1.165, 1.54) is 19.2 Å². The second-order valence-electron chi connectivity index (χ2n) is 12.9. The number of rotatable bonds is 9. The molecule has 1 saturated carbocycles. The number of sulfone groups is 1. The number of amides is 1. The summed E-state index contributed by atoms with van der Waals surface area (Å²) in [5.74, 6) is -0.0628. The van der Waals surface area contributed by atoms with Crippen molar-refractivity contribution in [3.63, 3.8) is 0 Å². The van der Waals surface area contributed by atoms with Crippen LogP contribution in [0.4, 0.5) is 14.9 Å². The minimum absolute atomic E-state index is 0.0120. The summed E-state index contributed by atoms with van der Waals surface area (Å²) in [7, 11) is -2.01. The van der Waals surface area contributed by atoms with E-state index in [2.05, 4.69) is 21.2 Å². The third-order valence-electron chi connectivity index (χ3n) is 10.3. The number of nitriles is 1. The SMILES string of the molecule is CNC(=O)OC1CCC[C@@H]1[C@](C#N)(c1cccc(F)c1)C1CCN(CC2CN(c3ccc(S(=O)(=O)c4ccccc4)cc3)C2)CC1. The van der Waals surface area contributed by atoms with Crippen LogP contribution in [0.5, 0.6) is 0 Å². The molecule has 242 valence electrons. The highest BCUT2D eigenvalue weighted by atomic mass is 32.2. The molecule has 2 heterocycles. The molecule has 3 aromatic carbocycles. The zero-order valence-electron chi connectivity index (χ0n) is 26.1. The van der Waals surface area contributed by atoms with Gasteiger partial charge in [0.15, 0.2) is 0 Å². The standard InChI is InChI=1S/C36H41FN4O4S/c1-39-35(42)45-34-12-6-11-33(34)36(25-38,28-7-5-8-29(37)21-28)27-17-19-40(20-18-27)22-26-23-41(24-26)30-13-15-32(16-14-30)46(43,44)31-9-3-2-4-10-31/h2-5,7-10,13-16,21,26-27,33-34H,6,11-12,17-20,22-24H2,1H3,(H,39,42)/t33-,34?,36-/m0/s1. The van der Waals surface area contributed by atoms with Crippen LogP contribution in [0.15, 0.2) is 88.7 Å². The number of piperidine rings is 1. The largest absolute Gasteiger partial charge is 0.446 e. The molecule has 6 rings (SSSR count). The molecule has 3 aromatic rings. The van der Waals surface area contributed by atoms with E-state index in [1.807, 2.05) is 18.2 Å². The second-order valence-corrected chi connectivity index (χ2v) is 14.8. The summed E-state index contributed by atoms with van der Waals surface area (Å²) >= 11 is 0. The van der Waals surface area contributed by atoms with Crippen LogP contribution in [0.2, 0.25) is 0 Å². The lowest BCUT2D eigenvalue weighted by atomic mass is 9.59. The van der Waals surface area contributed by atoms with Gasteiger partial charge >= 0.3 is 6.09 Å². The molecule has 3 atom stereocenters. The van der Waals surface area contributed by atoms with Gasteiger partial charge in [-0.25, -0.2) is 17.6 Å². The predicted octanol–water partition coefficient (Wildman–Crippen LogP) is 5.79. The smallest absolute Gasteiger partial charge is 0.407 e. The number of hydrogen-bond acceptors (Lipinski definition) is 7. The van der Waals surface area contributed by atoms with Crippen molar-refractivity contribution in [2.24, 2.45) is 17.8 Å². The summed E-state index contributed by atoms with van der Waals surface area (Å²) in [5, 5.41) is 13.4. The van der Waals surface area contributed by atoms with Crippen LogP contribution in [0, 0.1) is 34.9 Å². The van der Waals surface area contributed by atoms with Gasteiger partial charge in [0.25, 0.3) is 0 Å². The van der Waals surface area contributed by atoms with Gasteiger partial charge in [0, 0.05) is 44.2 Å². The summed E-state index contributed by atoms with van der Waals surface area (Å²) < 4.78 is 46.2. The molecule has 3 aliphatic rings. The van der Waals surface area contributed by atoms with E-state index in [-0.39, 0.29) is 22.5 Å². The Kier molecular flexibility index (Phi) is 9.34. The quantitative estimate of drug-likeness (QED) is 0.315. The molecule has 0 spiro atoms.